The lowest BCUT2D eigenvalue weighted by molar-refractivity contribution is 0.269. The first-order valence-electron chi connectivity index (χ1n) is 9.43. The van der Waals surface area contributed by atoms with Gasteiger partial charge in [-0.05, 0) is 72.7 Å². The van der Waals surface area contributed by atoms with E-state index in [0.29, 0.717) is 29.8 Å². The van der Waals surface area contributed by atoms with E-state index in [1.165, 1.54) is 12.1 Å². The summed E-state index contributed by atoms with van der Waals surface area (Å²) in [5, 5.41) is 7.59. The second-order valence-corrected chi connectivity index (χ2v) is 6.65. The number of para-hydroxylation sites is 1. The summed E-state index contributed by atoms with van der Waals surface area (Å²) in [6.07, 6.45) is 1.64. The molecule has 2 N–H and O–H groups in total. The Morgan fingerprint density at radius 2 is 1.77 bits per heavy atom. The van der Waals surface area contributed by atoms with Crippen molar-refractivity contribution in [1.29, 1.82) is 0 Å². The lowest BCUT2D eigenvalue weighted by Gasteiger charge is -2.12. The average Bonchev–Trinajstić information content (AvgIpc) is 2.75. The molecule has 0 aliphatic carbocycles. The van der Waals surface area contributed by atoms with Crippen LogP contribution in [0.5, 0.6) is 11.5 Å². The van der Waals surface area contributed by atoms with Crippen molar-refractivity contribution < 1.29 is 13.9 Å². The maximum Gasteiger partial charge on any atom is 0.191 e. The van der Waals surface area contributed by atoms with Crippen LogP contribution in [0.1, 0.15) is 18.1 Å². The van der Waals surface area contributed by atoms with E-state index >= 15 is 0 Å². The molecule has 154 valence electrons. The van der Waals surface area contributed by atoms with Gasteiger partial charge >= 0.3 is 0 Å². The number of thiocarbonyl (C=S) groups is 1. The SMILES string of the molecule is CCOc1cc(/C=N/NC(=S)Nc2ccccc2)ccc1OCc1ccc(F)cc1. The highest BCUT2D eigenvalue weighted by Crippen LogP contribution is 2.29. The zero-order valence-electron chi connectivity index (χ0n) is 16.5. The predicted molar refractivity (Wildman–Crippen MR) is 122 cm³/mol. The molecule has 0 bridgehead atoms. The molecule has 30 heavy (non-hydrogen) atoms. The summed E-state index contributed by atoms with van der Waals surface area (Å²) in [7, 11) is 0. The molecule has 3 aromatic carbocycles. The number of hydrazone groups is 1. The zero-order chi connectivity index (χ0) is 21.2. The molecule has 0 aromatic heterocycles. The van der Waals surface area contributed by atoms with Crippen LogP contribution in [0, 0.1) is 5.82 Å². The molecule has 0 amide bonds. The number of hydrogen-bond donors (Lipinski definition) is 2. The van der Waals surface area contributed by atoms with E-state index in [2.05, 4.69) is 15.8 Å². The summed E-state index contributed by atoms with van der Waals surface area (Å²) < 4.78 is 24.6. The molecule has 0 radical (unpaired) electrons. The topological polar surface area (TPSA) is 54.9 Å². The molecule has 5 nitrogen and oxygen atoms in total. The van der Waals surface area contributed by atoms with E-state index < -0.39 is 0 Å². The standard InChI is InChI=1S/C23H22FN3O2S/c1-2-28-22-14-18(15-25-27-23(30)26-20-6-4-3-5-7-20)10-13-21(22)29-16-17-8-11-19(24)12-9-17/h3-15H,2,16H2,1H3,(H2,26,27,30)/b25-15+. The Labute approximate surface area is 180 Å². The summed E-state index contributed by atoms with van der Waals surface area (Å²) in [6.45, 7) is 2.71. The van der Waals surface area contributed by atoms with Crippen molar-refractivity contribution >= 4 is 29.2 Å². The molecule has 0 fully saturated rings. The maximum absolute atomic E-state index is 13.0. The molecule has 0 aliphatic heterocycles. The van der Waals surface area contributed by atoms with Crippen molar-refractivity contribution in [3.05, 3.63) is 89.7 Å². The number of nitrogens with zero attached hydrogens (tertiary/aromatic N) is 1. The van der Waals surface area contributed by atoms with Crippen LogP contribution >= 0.6 is 12.2 Å². The molecule has 7 heteroatoms. The Morgan fingerprint density at radius 1 is 1.00 bits per heavy atom. The van der Waals surface area contributed by atoms with Gasteiger partial charge in [-0.1, -0.05) is 30.3 Å². The number of benzene rings is 3. The predicted octanol–water partition coefficient (Wildman–Crippen LogP) is 5.12. The first kappa shape index (κ1) is 21.3. The number of rotatable bonds is 8. The van der Waals surface area contributed by atoms with Crippen molar-refractivity contribution in [2.24, 2.45) is 5.10 Å². The van der Waals surface area contributed by atoms with Crippen LogP contribution < -0.4 is 20.2 Å². The minimum absolute atomic E-state index is 0.274. The molecule has 0 unspecified atom stereocenters. The fourth-order valence-electron chi connectivity index (χ4n) is 2.58. The molecular weight excluding hydrogens is 401 g/mol. The summed E-state index contributed by atoms with van der Waals surface area (Å²) in [5.41, 5.74) is 5.36. The van der Waals surface area contributed by atoms with Gasteiger partial charge < -0.3 is 14.8 Å². The second-order valence-electron chi connectivity index (χ2n) is 6.24. The van der Waals surface area contributed by atoms with Gasteiger partial charge in [0, 0.05) is 5.69 Å². The van der Waals surface area contributed by atoms with Gasteiger partial charge in [0.2, 0.25) is 0 Å². The van der Waals surface area contributed by atoms with Gasteiger partial charge in [0.1, 0.15) is 12.4 Å². The average molecular weight is 424 g/mol. The van der Waals surface area contributed by atoms with E-state index in [4.69, 9.17) is 21.7 Å². The van der Waals surface area contributed by atoms with Crippen molar-refractivity contribution in [3.63, 3.8) is 0 Å². The number of halogens is 1. The molecule has 0 heterocycles. The fourth-order valence-corrected chi connectivity index (χ4v) is 2.75. The number of hydrogen-bond acceptors (Lipinski definition) is 4. The van der Waals surface area contributed by atoms with Crippen LogP contribution in [-0.4, -0.2) is 17.9 Å². The number of nitrogens with one attached hydrogen (secondary N) is 2. The lowest BCUT2D eigenvalue weighted by atomic mass is 10.2. The molecule has 0 atom stereocenters. The van der Waals surface area contributed by atoms with Crippen LogP contribution in [0.15, 0.2) is 77.9 Å². The Balaban J connectivity index is 1.60. The Kier molecular flexibility index (Phi) is 7.74. The molecule has 0 saturated heterocycles. The largest absolute Gasteiger partial charge is 0.490 e. The Morgan fingerprint density at radius 3 is 2.50 bits per heavy atom. The summed E-state index contributed by atoms with van der Waals surface area (Å²) in [5.74, 6) is 0.936. The van der Waals surface area contributed by atoms with Gasteiger partial charge in [-0.2, -0.15) is 5.10 Å². The van der Waals surface area contributed by atoms with Gasteiger partial charge in [0.05, 0.1) is 12.8 Å². The third-order valence-corrected chi connectivity index (χ3v) is 4.18. The molecule has 0 spiro atoms. The minimum atomic E-state index is -0.274. The van der Waals surface area contributed by atoms with Crippen molar-refractivity contribution in [1.82, 2.24) is 5.43 Å². The molecule has 0 saturated carbocycles. The third-order valence-electron chi connectivity index (χ3n) is 3.99. The van der Waals surface area contributed by atoms with E-state index in [1.807, 2.05) is 55.5 Å². The van der Waals surface area contributed by atoms with Crippen molar-refractivity contribution in [2.75, 3.05) is 11.9 Å². The van der Waals surface area contributed by atoms with Crippen LogP contribution in [-0.2, 0) is 6.61 Å². The van der Waals surface area contributed by atoms with E-state index in [-0.39, 0.29) is 5.82 Å². The zero-order valence-corrected chi connectivity index (χ0v) is 17.3. The highest BCUT2D eigenvalue weighted by Gasteiger charge is 2.07. The normalized spacial score (nSPS) is 10.6. The molecular formula is C23H22FN3O2S. The van der Waals surface area contributed by atoms with Gasteiger partial charge in [-0.3, -0.25) is 5.43 Å². The summed E-state index contributed by atoms with van der Waals surface area (Å²) >= 11 is 5.22. The first-order chi connectivity index (χ1) is 14.6. The van der Waals surface area contributed by atoms with Gasteiger partial charge in [0.15, 0.2) is 16.6 Å². The number of anilines is 1. The van der Waals surface area contributed by atoms with Crippen LogP contribution in [0.2, 0.25) is 0 Å². The first-order valence-corrected chi connectivity index (χ1v) is 9.84. The highest BCUT2D eigenvalue weighted by molar-refractivity contribution is 7.80. The van der Waals surface area contributed by atoms with Crippen LogP contribution in [0.25, 0.3) is 0 Å². The van der Waals surface area contributed by atoms with Crippen molar-refractivity contribution in [3.8, 4) is 11.5 Å². The Hall–Kier alpha value is -3.45. The van der Waals surface area contributed by atoms with Gasteiger partial charge in [-0.15, -0.1) is 0 Å². The molecule has 3 aromatic rings. The smallest absolute Gasteiger partial charge is 0.191 e. The minimum Gasteiger partial charge on any atom is -0.490 e. The third kappa shape index (κ3) is 6.56. The quantitative estimate of drug-likeness (QED) is 0.299. The van der Waals surface area contributed by atoms with Gasteiger partial charge in [0.25, 0.3) is 0 Å². The Bertz CT molecular complexity index is 995. The summed E-state index contributed by atoms with van der Waals surface area (Å²) in [6, 6.07) is 21.3. The fraction of sp³-hybridized carbons (Fsp3) is 0.130. The molecule has 3 rings (SSSR count). The van der Waals surface area contributed by atoms with E-state index in [0.717, 1.165) is 16.8 Å². The van der Waals surface area contributed by atoms with Crippen molar-refractivity contribution in [2.45, 2.75) is 13.5 Å². The molecule has 0 aliphatic rings. The van der Waals surface area contributed by atoms with Crippen LogP contribution in [0.3, 0.4) is 0 Å². The maximum atomic E-state index is 13.0. The monoisotopic (exact) mass is 423 g/mol. The lowest BCUT2D eigenvalue weighted by Crippen LogP contribution is -2.23. The number of ether oxygens (including phenoxy) is 2. The summed E-state index contributed by atoms with van der Waals surface area (Å²) in [4.78, 5) is 0. The van der Waals surface area contributed by atoms with Crippen LogP contribution in [0.4, 0.5) is 10.1 Å². The highest BCUT2D eigenvalue weighted by atomic mass is 32.1. The van der Waals surface area contributed by atoms with E-state index in [1.54, 1.807) is 18.3 Å². The van der Waals surface area contributed by atoms with E-state index in [9.17, 15) is 4.39 Å². The second kappa shape index (κ2) is 10.9. The van der Waals surface area contributed by atoms with Gasteiger partial charge in [-0.25, -0.2) is 4.39 Å².